The van der Waals surface area contributed by atoms with Gasteiger partial charge in [-0.1, -0.05) is 61.5 Å². The highest BCUT2D eigenvalue weighted by molar-refractivity contribution is 6.99. The molecule has 3 rings (SSSR count). The second-order valence-corrected chi connectivity index (χ2v) is 12.3. The molecule has 1 amide bonds. The fourth-order valence-corrected chi connectivity index (χ4v) is 4.40. The predicted molar refractivity (Wildman–Crippen MR) is 147 cm³/mol. The molecule has 1 atom stereocenters. The van der Waals surface area contributed by atoms with Gasteiger partial charge in [-0.25, -0.2) is 0 Å². The molecule has 3 N–H and O–H groups in total. The van der Waals surface area contributed by atoms with Crippen LogP contribution >= 0.6 is 11.7 Å². The van der Waals surface area contributed by atoms with Crippen LogP contribution in [0.15, 0.2) is 28.9 Å². The van der Waals surface area contributed by atoms with Gasteiger partial charge in [0.25, 0.3) is 5.91 Å². The molecular weight excluding hydrogens is 474 g/mol. The summed E-state index contributed by atoms with van der Waals surface area (Å²) in [6.45, 7) is 16.7. The van der Waals surface area contributed by atoms with Crippen LogP contribution in [0.25, 0.3) is 0 Å². The molecule has 8 nitrogen and oxygen atoms in total. The van der Waals surface area contributed by atoms with E-state index in [0.717, 1.165) is 28.6 Å². The van der Waals surface area contributed by atoms with Crippen molar-refractivity contribution in [1.29, 1.82) is 0 Å². The van der Waals surface area contributed by atoms with E-state index in [4.69, 9.17) is 4.42 Å². The summed E-state index contributed by atoms with van der Waals surface area (Å²) in [4.78, 5) is 14.5. The van der Waals surface area contributed by atoms with E-state index in [2.05, 4.69) is 60.1 Å². The van der Waals surface area contributed by atoms with Crippen LogP contribution in [0.2, 0.25) is 0 Å². The first-order chi connectivity index (χ1) is 16.6. The van der Waals surface area contributed by atoms with Gasteiger partial charge in [0.2, 0.25) is 0 Å². The number of nitrogens with one attached hydrogen (secondary N) is 2. The van der Waals surface area contributed by atoms with Gasteiger partial charge in [-0.3, -0.25) is 4.79 Å². The summed E-state index contributed by atoms with van der Waals surface area (Å²) >= 11 is 1.06. The summed E-state index contributed by atoms with van der Waals surface area (Å²) in [7, 11) is 3.35. The molecule has 0 spiro atoms. The minimum Gasteiger partial charge on any atom is -0.505 e. The maximum atomic E-state index is 13.0. The van der Waals surface area contributed by atoms with Crippen molar-refractivity contribution >= 4 is 35.0 Å². The lowest BCUT2D eigenvalue weighted by Gasteiger charge is -2.30. The Hall–Kier alpha value is -3.07. The molecule has 1 aromatic carbocycles. The zero-order valence-corrected chi connectivity index (χ0v) is 23.8. The molecular formula is C27H39N5O3S. The first-order valence-corrected chi connectivity index (χ1v) is 12.9. The van der Waals surface area contributed by atoms with Crippen LogP contribution in [0.5, 0.6) is 5.75 Å². The smallest absolute Gasteiger partial charge is 0.257 e. The molecule has 0 saturated heterocycles. The number of nitrogens with zero attached hydrogens (tertiary/aromatic N) is 3. The summed E-state index contributed by atoms with van der Waals surface area (Å²) in [5.74, 6) is 1.82. The molecule has 0 aliphatic heterocycles. The number of carbonyl (C=O) groups is 1. The van der Waals surface area contributed by atoms with E-state index in [1.165, 1.54) is 4.90 Å². The molecule has 0 saturated carbocycles. The number of furan rings is 1. The number of phenolic OH excluding ortho intramolecular Hbond substituents is 1. The Balaban J connectivity index is 1.98. The van der Waals surface area contributed by atoms with Gasteiger partial charge in [0.15, 0.2) is 17.4 Å². The predicted octanol–water partition coefficient (Wildman–Crippen LogP) is 6.90. The van der Waals surface area contributed by atoms with E-state index < -0.39 is 0 Å². The number of hydrogen-bond acceptors (Lipinski definition) is 8. The van der Waals surface area contributed by atoms with Crippen molar-refractivity contribution in [1.82, 2.24) is 13.6 Å². The first-order valence-electron chi connectivity index (χ1n) is 12.1. The highest BCUT2D eigenvalue weighted by Crippen LogP contribution is 2.41. The van der Waals surface area contributed by atoms with Crippen LogP contribution in [-0.4, -0.2) is 38.8 Å². The summed E-state index contributed by atoms with van der Waals surface area (Å²) in [5.41, 5.74) is 2.05. The molecule has 36 heavy (non-hydrogen) atoms. The lowest BCUT2D eigenvalue weighted by molar-refractivity contribution is 0.0822. The monoisotopic (exact) mass is 513 g/mol. The van der Waals surface area contributed by atoms with Crippen molar-refractivity contribution in [3.63, 3.8) is 0 Å². The maximum Gasteiger partial charge on any atom is 0.257 e. The molecule has 0 aliphatic rings. The van der Waals surface area contributed by atoms with E-state index in [-0.39, 0.29) is 34.1 Å². The second-order valence-electron chi connectivity index (χ2n) is 11.8. The Morgan fingerprint density at radius 1 is 1.08 bits per heavy atom. The Morgan fingerprint density at radius 2 is 1.72 bits per heavy atom. The normalized spacial score (nSPS) is 13.1. The fourth-order valence-electron chi connectivity index (χ4n) is 3.92. The molecule has 196 valence electrons. The van der Waals surface area contributed by atoms with Gasteiger partial charge in [0.1, 0.15) is 5.76 Å². The minimum absolute atomic E-state index is 0.111. The summed E-state index contributed by atoms with van der Waals surface area (Å²) < 4.78 is 14.8. The molecule has 9 heteroatoms. The maximum absolute atomic E-state index is 13.0. The van der Waals surface area contributed by atoms with Gasteiger partial charge >= 0.3 is 0 Å². The summed E-state index contributed by atoms with van der Waals surface area (Å²) in [6.07, 6.45) is 1.80. The standard InChI is InChI=1S/C27H39N5O3S/c1-15(2)16-13-19(35-14-16)22(27(6,7)8)29-24-23(30-36-31-24)28-18-12-11-17(26(3,4)5)20(21(18)33)25(34)32(9)10/h11-15,22,33H,1-10H3,(H,28,30)(H,29,31)/t22-/m0/s1. The third-order valence-corrected chi connectivity index (χ3v) is 6.61. The summed E-state index contributed by atoms with van der Waals surface area (Å²) in [6, 6.07) is 5.56. The van der Waals surface area contributed by atoms with Gasteiger partial charge < -0.3 is 25.1 Å². The van der Waals surface area contributed by atoms with Crippen LogP contribution in [0.4, 0.5) is 17.3 Å². The van der Waals surface area contributed by atoms with E-state index in [0.29, 0.717) is 23.2 Å². The fraction of sp³-hybridized carbons (Fsp3) is 0.519. The van der Waals surface area contributed by atoms with Crippen molar-refractivity contribution in [2.45, 2.75) is 72.8 Å². The zero-order chi connectivity index (χ0) is 27.0. The molecule has 2 heterocycles. The lowest BCUT2D eigenvalue weighted by atomic mass is 9.82. The van der Waals surface area contributed by atoms with Crippen LogP contribution in [0, 0.1) is 5.41 Å². The topological polar surface area (TPSA) is 104 Å². The van der Waals surface area contributed by atoms with Crippen molar-refractivity contribution in [2.24, 2.45) is 5.41 Å². The number of aromatic nitrogens is 2. The number of anilines is 3. The zero-order valence-electron chi connectivity index (χ0n) is 23.0. The third kappa shape index (κ3) is 5.83. The molecule has 3 aromatic rings. The molecule has 0 aliphatic carbocycles. The van der Waals surface area contributed by atoms with Gasteiger partial charge in [-0.2, -0.15) is 8.75 Å². The van der Waals surface area contributed by atoms with Crippen LogP contribution in [0.1, 0.15) is 94.6 Å². The average molecular weight is 514 g/mol. The molecule has 0 bridgehead atoms. The number of benzene rings is 1. The van der Waals surface area contributed by atoms with Gasteiger partial charge in [0.05, 0.1) is 35.3 Å². The van der Waals surface area contributed by atoms with E-state index in [9.17, 15) is 9.90 Å². The summed E-state index contributed by atoms with van der Waals surface area (Å²) in [5, 5.41) is 17.9. The quantitative estimate of drug-likeness (QED) is 0.295. The minimum atomic E-state index is -0.330. The van der Waals surface area contributed by atoms with Gasteiger partial charge in [0, 0.05) is 14.1 Å². The lowest BCUT2D eigenvalue weighted by Crippen LogP contribution is -2.26. The largest absolute Gasteiger partial charge is 0.505 e. The number of rotatable bonds is 7. The van der Waals surface area contributed by atoms with Crippen LogP contribution in [0.3, 0.4) is 0 Å². The van der Waals surface area contributed by atoms with Crippen molar-refractivity contribution < 1.29 is 14.3 Å². The number of amides is 1. The van der Waals surface area contributed by atoms with Crippen molar-refractivity contribution in [3.05, 3.63) is 46.9 Å². The van der Waals surface area contributed by atoms with Crippen molar-refractivity contribution in [3.8, 4) is 5.75 Å². The highest BCUT2D eigenvalue weighted by Gasteiger charge is 2.32. The number of aromatic hydroxyl groups is 1. The molecule has 0 fully saturated rings. The highest BCUT2D eigenvalue weighted by atomic mass is 32.1. The van der Waals surface area contributed by atoms with E-state index in [1.54, 1.807) is 26.4 Å². The van der Waals surface area contributed by atoms with Gasteiger partial charge in [-0.15, -0.1) is 0 Å². The van der Waals surface area contributed by atoms with E-state index >= 15 is 0 Å². The molecule has 0 unspecified atom stereocenters. The second kappa shape index (κ2) is 10.1. The first kappa shape index (κ1) is 27.5. The SMILES string of the molecule is CC(C)c1coc([C@H](Nc2nsnc2Nc2ccc(C(C)(C)C)c(C(=O)N(C)C)c2O)C(C)(C)C)c1. The number of phenols is 1. The van der Waals surface area contributed by atoms with Crippen LogP contribution in [-0.2, 0) is 5.41 Å². The Morgan fingerprint density at radius 3 is 2.25 bits per heavy atom. The van der Waals surface area contributed by atoms with Gasteiger partial charge in [-0.05, 0) is 40.0 Å². The molecule has 0 radical (unpaired) electrons. The Labute approximate surface area is 218 Å². The van der Waals surface area contributed by atoms with E-state index in [1.807, 2.05) is 26.8 Å². The number of carbonyl (C=O) groups excluding carboxylic acids is 1. The van der Waals surface area contributed by atoms with Crippen LogP contribution < -0.4 is 10.6 Å². The molecule has 2 aromatic heterocycles. The third-order valence-electron chi connectivity index (χ3n) is 6.09. The average Bonchev–Trinajstić information content (AvgIpc) is 3.40. The van der Waals surface area contributed by atoms with Crippen molar-refractivity contribution in [2.75, 3.05) is 24.7 Å². The number of hydrogen-bond donors (Lipinski definition) is 3. The Kier molecular flexibility index (Phi) is 7.74. The Bertz CT molecular complexity index is 1210.